The summed E-state index contributed by atoms with van der Waals surface area (Å²) >= 11 is 5.67. The van der Waals surface area contributed by atoms with Gasteiger partial charge in [0.25, 0.3) is 5.56 Å². The van der Waals surface area contributed by atoms with E-state index in [9.17, 15) is 9.59 Å². The van der Waals surface area contributed by atoms with Crippen molar-refractivity contribution in [1.82, 2.24) is 9.97 Å². The predicted molar refractivity (Wildman–Crippen MR) is 57.7 cm³/mol. The maximum absolute atomic E-state index is 11.6. The molecule has 7 heteroatoms. The van der Waals surface area contributed by atoms with Crippen molar-refractivity contribution in [2.45, 2.75) is 6.42 Å². The summed E-state index contributed by atoms with van der Waals surface area (Å²) < 4.78 is 0. The Kier molecular flexibility index (Phi) is 2.82. The van der Waals surface area contributed by atoms with Crippen molar-refractivity contribution in [3.05, 3.63) is 16.4 Å². The van der Waals surface area contributed by atoms with Gasteiger partial charge in [0.15, 0.2) is 0 Å². The highest BCUT2D eigenvalue weighted by Crippen LogP contribution is 2.22. The molecule has 1 aliphatic heterocycles. The van der Waals surface area contributed by atoms with Gasteiger partial charge in [0.1, 0.15) is 0 Å². The van der Waals surface area contributed by atoms with E-state index in [1.165, 1.54) is 4.90 Å². The largest absolute Gasteiger partial charge is 0.493 e. The molecule has 1 unspecified atom stereocenters. The molecule has 1 amide bonds. The van der Waals surface area contributed by atoms with Crippen molar-refractivity contribution < 1.29 is 9.90 Å². The first-order chi connectivity index (χ1) is 7.60. The maximum Gasteiger partial charge on any atom is 0.256 e. The molecule has 1 fully saturated rings. The molecule has 1 aliphatic rings. The number of amides is 1. The molecule has 2 N–H and O–H groups in total. The summed E-state index contributed by atoms with van der Waals surface area (Å²) in [5, 5.41) is 9.17. The summed E-state index contributed by atoms with van der Waals surface area (Å²) in [6.45, 7) is 0.411. The molecular formula is C9H10ClN3O3. The molecule has 2 heterocycles. The summed E-state index contributed by atoms with van der Waals surface area (Å²) in [6, 6.07) is 0.947. The Morgan fingerprint density at radius 3 is 2.94 bits per heavy atom. The lowest BCUT2D eigenvalue weighted by molar-refractivity contribution is -0.117. The number of carbonyl (C=O) groups is 1. The number of alkyl halides is 1. The Balaban J connectivity index is 2.31. The lowest BCUT2D eigenvalue weighted by Crippen LogP contribution is -2.28. The third-order valence-corrected chi connectivity index (χ3v) is 2.83. The van der Waals surface area contributed by atoms with Gasteiger partial charge >= 0.3 is 0 Å². The molecule has 0 aliphatic carbocycles. The second-order valence-corrected chi connectivity index (χ2v) is 3.96. The van der Waals surface area contributed by atoms with Crippen LogP contribution in [0.2, 0.25) is 0 Å². The molecule has 0 aromatic carbocycles. The van der Waals surface area contributed by atoms with Crippen LogP contribution < -0.4 is 10.5 Å². The number of nitrogens with one attached hydrogen (secondary N) is 1. The van der Waals surface area contributed by atoms with E-state index in [1.54, 1.807) is 0 Å². The third-order valence-electron chi connectivity index (χ3n) is 2.39. The number of H-pyrrole nitrogens is 1. The highest BCUT2D eigenvalue weighted by Gasteiger charge is 2.31. The Hall–Kier alpha value is -1.56. The van der Waals surface area contributed by atoms with E-state index in [1.807, 2.05) is 0 Å². The van der Waals surface area contributed by atoms with Crippen LogP contribution in [0.15, 0.2) is 10.9 Å². The van der Waals surface area contributed by atoms with E-state index in [0.717, 1.165) is 6.07 Å². The van der Waals surface area contributed by atoms with Crippen molar-refractivity contribution in [2.24, 2.45) is 5.92 Å². The minimum absolute atomic E-state index is 0.0572. The summed E-state index contributed by atoms with van der Waals surface area (Å²) in [5.74, 6) is -0.0460. The zero-order chi connectivity index (χ0) is 11.7. The Bertz CT molecular complexity index is 473. The lowest BCUT2D eigenvalue weighted by Gasteiger charge is -2.14. The smallest absolute Gasteiger partial charge is 0.256 e. The number of nitrogens with zero attached hydrogens (tertiary/aromatic N) is 2. The van der Waals surface area contributed by atoms with Gasteiger partial charge in [-0.1, -0.05) is 0 Å². The Morgan fingerprint density at radius 1 is 1.62 bits per heavy atom. The van der Waals surface area contributed by atoms with E-state index in [0.29, 0.717) is 18.8 Å². The number of hydrogen-bond acceptors (Lipinski definition) is 4. The minimum atomic E-state index is -0.496. The summed E-state index contributed by atoms with van der Waals surface area (Å²) in [7, 11) is 0. The van der Waals surface area contributed by atoms with Crippen LogP contribution >= 0.6 is 11.6 Å². The number of rotatable bonds is 2. The minimum Gasteiger partial charge on any atom is -0.493 e. The van der Waals surface area contributed by atoms with Crippen LogP contribution in [0, 0.1) is 5.92 Å². The van der Waals surface area contributed by atoms with Crippen LogP contribution in [0.1, 0.15) is 6.42 Å². The molecule has 0 spiro atoms. The number of halogens is 1. The average Bonchev–Trinajstić information content (AvgIpc) is 2.58. The SMILES string of the molecule is O=C1CC(CCl)CN1c1nc(O)cc(=O)[nH]1. The van der Waals surface area contributed by atoms with E-state index in [-0.39, 0.29) is 17.8 Å². The van der Waals surface area contributed by atoms with Crippen LogP contribution in [0.4, 0.5) is 5.95 Å². The number of carbonyl (C=O) groups excluding carboxylic acids is 1. The highest BCUT2D eigenvalue weighted by molar-refractivity contribution is 6.18. The van der Waals surface area contributed by atoms with Crippen molar-refractivity contribution in [1.29, 1.82) is 0 Å². The first-order valence-corrected chi connectivity index (χ1v) is 5.30. The summed E-state index contributed by atoms with van der Waals surface area (Å²) in [4.78, 5) is 30.1. The number of anilines is 1. The van der Waals surface area contributed by atoms with E-state index in [2.05, 4.69) is 9.97 Å². The highest BCUT2D eigenvalue weighted by atomic mass is 35.5. The van der Waals surface area contributed by atoms with Crippen LogP contribution in [0.3, 0.4) is 0 Å². The standard InChI is InChI=1S/C9H10ClN3O3/c10-3-5-1-8(16)13(4-5)9-11-6(14)2-7(15)12-9/h2,5H,1,3-4H2,(H2,11,12,14,15). The van der Waals surface area contributed by atoms with Crippen molar-refractivity contribution in [3.63, 3.8) is 0 Å². The Morgan fingerprint density at radius 2 is 2.38 bits per heavy atom. The van der Waals surface area contributed by atoms with Crippen molar-refractivity contribution >= 4 is 23.5 Å². The fraction of sp³-hybridized carbons (Fsp3) is 0.444. The third kappa shape index (κ3) is 2.01. The van der Waals surface area contributed by atoms with Crippen LogP contribution in [0.25, 0.3) is 0 Å². The zero-order valence-corrected chi connectivity index (χ0v) is 9.07. The molecule has 6 nitrogen and oxygen atoms in total. The van der Waals surface area contributed by atoms with Gasteiger partial charge in [-0.05, 0) is 5.92 Å². The van der Waals surface area contributed by atoms with Gasteiger partial charge in [0, 0.05) is 18.8 Å². The average molecular weight is 244 g/mol. The predicted octanol–water partition coefficient (Wildman–Crippen LogP) is 0.0672. The second kappa shape index (κ2) is 4.13. The molecule has 2 rings (SSSR count). The number of hydrogen-bond donors (Lipinski definition) is 2. The monoisotopic (exact) mass is 243 g/mol. The van der Waals surface area contributed by atoms with Crippen LogP contribution in [-0.2, 0) is 4.79 Å². The van der Waals surface area contributed by atoms with Gasteiger partial charge in [-0.15, -0.1) is 11.6 Å². The van der Waals surface area contributed by atoms with Gasteiger partial charge in [0.05, 0.1) is 6.07 Å². The molecule has 1 saturated heterocycles. The first-order valence-electron chi connectivity index (χ1n) is 4.77. The normalized spacial score (nSPS) is 20.4. The molecular weight excluding hydrogens is 234 g/mol. The Labute approximate surface area is 95.9 Å². The van der Waals surface area contributed by atoms with Gasteiger partial charge in [0.2, 0.25) is 17.7 Å². The van der Waals surface area contributed by atoms with E-state index >= 15 is 0 Å². The van der Waals surface area contributed by atoms with E-state index in [4.69, 9.17) is 16.7 Å². The van der Waals surface area contributed by atoms with Gasteiger partial charge < -0.3 is 5.11 Å². The molecule has 16 heavy (non-hydrogen) atoms. The summed E-state index contributed by atoms with van der Waals surface area (Å²) in [5.41, 5.74) is -0.496. The van der Waals surface area contributed by atoms with Gasteiger partial charge in [-0.3, -0.25) is 19.5 Å². The fourth-order valence-electron chi connectivity index (χ4n) is 1.65. The molecule has 0 radical (unpaired) electrons. The number of aromatic hydroxyl groups is 1. The van der Waals surface area contributed by atoms with Crippen LogP contribution in [0.5, 0.6) is 5.88 Å². The topological polar surface area (TPSA) is 86.3 Å². The molecule has 1 aromatic rings. The van der Waals surface area contributed by atoms with Gasteiger partial charge in [-0.2, -0.15) is 4.98 Å². The second-order valence-electron chi connectivity index (χ2n) is 3.66. The molecule has 1 aromatic heterocycles. The first kappa shape index (κ1) is 10.9. The summed E-state index contributed by atoms with van der Waals surface area (Å²) in [6.07, 6.45) is 0.336. The molecule has 86 valence electrons. The van der Waals surface area contributed by atoms with Gasteiger partial charge in [-0.25, -0.2) is 0 Å². The fourth-order valence-corrected chi connectivity index (χ4v) is 1.86. The quantitative estimate of drug-likeness (QED) is 0.720. The molecule has 0 bridgehead atoms. The van der Waals surface area contributed by atoms with Crippen LogP contribution in [-0.4, -0.2) is 33.4 Å². The number of aromatic nitrogens is 2. The molecule has 0 saturated carbocycles. The molecule has 1 atom stereocenters. The number of aromatic amines is 1. The maximum atomic E-state index is 11.6. The van der Waals surface area contributed by atoms with Crippen molar-refractivity contribution in [3.8, 4) is 5.88 Å². The zero-order valence-electron chi connectivity index (χ0n) is 8.31. The lowest BCUT2D eigenvalue weighted by atomic mass is 10.2. The van der Waals surface area contributed by atoms with E-state index < -0.39 is 11.4 Å². The van der Waals surface area contributed by atoms with Crippen molar-refractivity contribution in [2.75, 3.05) is 17.3 Å².